The molecular weight excluding hydrogens is 402 g/mol. The first kappa shape index (κ1) is 16.8. The number of halogens is 1. The van der Waals surface area contributed by atoms with Crippen LogP contribution in [-0.4, -0.2) is 34.9 Å². The van der Waals surface area contributed by atoms with Crippen LogP contribution in [0.1, 0.15) is 11.5 Å². The van der Waals surface area contributed by atoms with Crippen LogP contribution < -0.4 is 0 Å². The van der Waals surface area contributed by atoms with Crippen LogP contribution in [0.3, 0.4) is 0 Å². The molecule has 0 aliphatic heterocycles. The summed E-state index contributed by atoms with van der Waals surface area (Å²) in [5, 5.41) is 33.4. The molecule has 0 bridgehead atoms. The highest BCUT2D eigenvalue weighted by molar-refractivity contribution is 7.19. The van der Waals surface area contributed by atoms with Crippen molar-refractivity contribution in [3.05, 3.63) is 69.1 Å². The number of hydrogen-bond donors (Lipinski definition) is 1. The van der Waals surface area contributed by atoms with Crippen LogP contribution in [0.15, 0.2) is 42.5 Å². The number of nitrogens with one attached hydrogen (secondary N) is 1. The van der Waals surface area contributed by atoms with E-state index in [1.54, 1.807) is 22.7 Å². The minimum atomic E-state index is -0.429. The standard InChI is InChI=1S/C17H10ClN7O2S/c18-10-3-6-13-12(7-10)14(20-19-13)8-15-21-22-17-24(15)23-16(28-17)9-1-4-11(5-2-9)25(26)27/h1-7H,8H2,(H,19,20). The van der Waals surface area contributed by atoms with Gasteiger partial charge in [0.05, 0.1) is 22.6 Å². The number of aromatic nitrogens is 6. The molecule has 3 heterocycles. The number of nitro benzene ring substituents is 1. The van der Waals surface area contributed by atoms with Gasteiger partial charge in [0.1, 0.15) is 5.01 Å². The van der Waals surface area contributed by atoms with Crippen molar-refractivity contribution in [3.8, 4) is 10.6 Å². The number of aromatic amines is 1. The Hall–Kier alpha value is -3.37. The van der Waals surface area contributed by atoms with E-state index in [-0.39, 0.29) is 5.69 Å². The summed E-state index contributed by atoms with van der Waals surface area (Å²) < 4.78 is 1.68. The van der Waals surface area contributed by atoms with Crippen LogP contribution in [0.2, 0.25) is 5.02 Å². The molecule has 3 aromatic heterocycles. The SMILES string of the molecule is O=[N+]([O-])c1ccc(-c2nn3c(Cc4[nH]nc5ccc(Cl)cc45)nnc3s2)cc1. The zero-order chi connectivity index (χ0) is 19.3. The van der Waals surface area contributed by atoms with Crippen LogP contribution >= 0.6 is 22.9 Å². The Balaban J connectivity index is 1.51. The second kappa shape index (κ2) is 6.36. The van der Waals surface area contributed by atoms with E-state index < -0.39 is 4.92 Å². The molecule has 0 saturated carbocycles. The molecule has 0 aliphatic rings. The number of H-pyrrole nitrogens is 1. The number of benzene rings is 2. The highest BCUT2D eigenvalue weighted by Crippen LogP contribution is 2.28. The van der Waals surface area contributed by atoms with Crippen molar-refractivity contribution in [2.24, 2.45) is 0 Å². The quantitative estimate of drug-likeness (QED) is 0.354. The predicted molar refractivity (Wildman–Crippen MR) is 105 cm³/mol. The Morgan fingerprint density at radius 2 is 2.00 bits per heavy atom. The van der Waals surface area contributed by atoms with Crippen LogP contribution in [-0.2, 0) is 6.42 Å². The third kappa shape index (κ3) is 2.79. The first-order chi connectivity index (χ1) is 13.6. The van der Waals surface area contributed by atoms with Crippen molar-refractivity contribution in [1.29, 1.82) is 0 Å². The fraction of sp³-hybridized carbons (Fsp3) is 0.0588. The van der Waals surface area contributed by atoms with Gasteiger partial charge in [-0.15, -0.1) is 10.2 Å². The van der Waals surface area contributed by atoms with E-state index in [9.17, 15) is 10.1 Å². The first-order valence-electron chi connectivity index (χ1n) is 8.17. The van der Waals surface area contributed by atoms with E-state index in [1.165, 1.54) is 23.5 Å². The van der Waals surface area contributed by atoms with Gasteiger partial charge in [-0.2, -0.15) is 14.7 Å². The molecule has 138 valence electrons. The maximum atomic E-state index is 10.8. The molecular formula is C17H10ClN7O2S. The maximum absolute atomic E-state index is 10.8. The highest BCUT2D eigenvalue weighted by Gasteiger charge is 2.16. The number of rotatable bonds is 4. The molecule has 0 aliphatic carbocycles. The molecule has 0 saturated heterocycles. The number of fused-ring (bicyclic) bond motifs is 2. The molecule has 28 heavy (non-hydrogen) atoms. The van der Waals surface area contributed by atoms with Gasteiger partial charge in [0, 0.05) is 28.1 Å². The number of hydrogen-bond acceptors (Lipinski definition) is 7. The minimum Gasteiger partial charge on any atom is -0.281 e. The molecule has 0 atom stereocenters. The lowest BCUT2D eigenvalue weighted by Crippen LogP contribution is -1.98. The average molecular weight is 412 g/mol. The van der Waals surface area contributed by atoms with E-state index in [1.807, 2.05) is 12.1 Å². The van der Waals surface area contributed by atoms with Crippen molar-refractivity contribution in [2.75, 3.05) is 0 Å². The van der Waals surface area contributed by atoms with Crippen LogP contribution in [0.5, 0.6) is 0 Å². The summed E-state index contributed by atoms with van der Waals surface area (Å²) in [5.74, 6) is 0.657. The smallest absolute Gasteiger partial charge is 0.269 e. The van der Waals surface area contributed by atoms with Gasteiger partial charge >= 0.3 is 0 Å². The lowest BCUT2D eigenvalue weighted by molar-refractivity contribution is -0.384. The van der Waals surface area contributed by atoms with Gasteiger partial charge in [-0.05, 0) is 30.3 Å². The highest BCUT2D eigenvalue weighted by atomic mass is 35.5. The normalized spacial score (nSPS) is 11.5. The van der Waals surface area contributed by atoms with Gasteiger partial charge in [-0.3, -0.25) is 15.2 Å². The molecule has 9 nitrogen and oxygen atoms in total. The van der Waals surface area contributed by atoms with E-state index in [2.05, 4.69) is 25.5 Å². The first-order valence-corrected chi connectivity index (χ1v) is 9.36. The summed E-state index contributed by atoms with van der Waals surface area (Å²) in [5.41, 5.74) is 2.52. The zero-order valence-corrected chi connectivity index (χ0v) is 15.6. The summed E-state index contributed by atoms with van der Waals surface area (Å²) >= 11 is 7.46. The molecule has 0 fully saturated rings. The topological polar surface area (TPSA) is 115 Å². The molecule has 0 radical (unpaired) electrons. The van der Waals surface area contributed by atoms with Crippen LogP contribution in [0.25, 0.3) is 26.4 Å². The second-order valence-electron chi connectivity index (χ2n) is 6.06. The summed E-state index contributed by atoms with van der Waals surface area (Å²) in [6, 6.07) is 11.8. The second-order valence-corrected chi connectivity index (χ2v) is 7.45. The van der Waals surface area contributed by atoms with Gasteiger partial charge in [-0.25, -0.2) is 0 Å². The Bertz CT molecular complexity index is 1340. The Kier molecular flexibility index (Phi) is 3.81. The third-order valence-electron chi connectivity index (χ3n) is 4.31. The number of non-ortho nitro benzene ring substituents is 1. The molecule has 0 spiro atoms. The van der Waals surface area contributed by atoms with Gasteiger partial charge in [0.15, 0.2) is 5.82 Å². The molecule has 5 aromatic rings. The largest absolute Gasteiger partial charge is 0.281 e. The third-order valence-corrected chi connectivity index (χ3v) is 5.49. The minimum absolute atomic E-state index is 0.0391. The van der Waals surface area contributed by atoms with Gasteiger partial charge < -0.3 is 0 Å². The van der Waals surface area contributed by atoms with Crippen molar-refractivity contribution in [2.45, 2.75) is 6.42 Å². The van der Waals surface area contributed by atoms with Crippen molar-refractivity contribution < 1.29 is 4.92 Å². The predicted octanol–water partition coefficient (Wildman–Crippen LogP) is 3.88. The van der Waals surface area contributed by atoms with Gasteiger partial charge in [-0.1, -0.05) is 22.9 Å². The number of nitrogens with zero attached hydrogens (tertiary/aromatic N) is 6. The molecule has 0 amide bonds. The zero-order valence-electron chi connectivity index (χ0n) is 14.0. The molecule has 5 rings (SSSR count). The summed E-state index contributed by atoms with van der Waals surface area (Å²) in [6.07, 6.45) is 0.460. The van der Waals surface area contributed by atoms with E-state index >= 15 is 0 Å². The molecule has 2 aromatic carbocycles. The van der Waals surface area contributed by atoms with Crippen LogP contribution in [0.4, 0.5) is 5.69 Å². The van der Waals surface area contributed by atoms with E-state index in [0.29, 0.717) is 27.2 Å². The van der Waals surface area contributed by atoms with E-state index in [0.717, 1.165) is 22.2 Å². The van der Waals surface area contributed by atoms with Gasteiger partial charge in [0.25, 0.3) is 5.69 Å². The fourth-order valence-electron chi connectivity index (χ4n) is 2.94. The lowest BCUT2D eigenvalue weighted by atomic mass is 10.1. The van der Waals surface area contributed by atoms with E-state index in [4.69, 9.17) is 11.6 Å². The van der Waals surface area contributed by atoms with Crippen molar-refractivity contribution in [3.63, 3.8) is 0 Å². The maximum Gasteiger partial charge on any atom is 0.269 e. The summed E-state index contributed by atoms with van der Waals surface area (Å²) in [7, 11) is 0. The van der Waals surface area contributed by atoms with Gasteiger partial charge in [0.2, 0.25) is 4.96 Å². The molecule has 0 unspecified atom stereocenters. The fourth-order valence-corrected chi connectivity index (χ4v) is 3.97. The molecule has 1 N–H and O–H groups in total. The number of nitro groups is 1. The Morgan fingerprint density at radius 3 is 2.79 bits per heavy atom. The van der Waals surface area contributed by atoms with Crippen molar-refractivity contribution in [1.82, 2.24) is 30.0 Å². The van der Waals surface area contributed by atoms with Crippen LogP contribution in [0, 0.1) is 10.1 Å². The van der Waals surface area contributed by atoms with Crippen molar-refractivity contribution >= 4 is 44.5 Å². The molecule has 11 heteroatoms. The average Bonchev–Trinajstić information content (AvgIpc) is 3.38. The lowest BCUT2D eigenvalue weighted by Gasteiger charge is -1.97. The Morgan fingerprint density at radius 1 is 1.18 bits per heavy atom. The Labute approximate surface area is 165 Å². The monoisotopic (exact) mass is 411 g/mol. The summed E-state index contributed by atoms with van der Waals surface area (Å²) in [4.78, 5) is 11.0. The summed E-state index contributed by atoms with van der Waals surface area (Å²) in [6.45, 7) is 0.